The summed E-state index contributed by atoms with van der Waals surface area (Å²) < 4.78 is 4.65. The average Bonchev–Trinajstić information content (AvgIpc) is 2.65. The zero-order valence-corrected chi connectivity index (χ0v) is 9.89. The van der Waals surface area contributed by atoms with Crippen LogP contribution < -0.4 is 0 Å². The third-order valence-electron chi connectivity index (χ3n) is 4.53. The highest BCUT2D eigenvalue weighted by atomic mass is 16.6. The number of rotatable bonds is 0. The highest BCUT2D eigenvalue weighted by Gasteiger charge is 2.49. The molecular formula is C13H14O5. The number of esters is 2. The van der Waals surface area contributed by atoms with Crippen LogP contribution in [-0.2, 0) is 23.9 Å². The maximum absolute atomic E-state index is 11.7. The predicted octanol–water partition coefficient (Wildman–Crippen LogP) is 0.650. The number of Topliss-reactive ketones (excluding diaryl/α,β-unsaturated/α-hetero) is 2. The Morgan fingerprint density at radius 3 is 1.50 bits per heavy atom. The first kappa shape index (κ1) is 11.6. The molecule has 3 rings (SSSR count). The molecule has 4 atom stereocenters. The first-order valence-electron chi connectivity index (χ1n) is 6.39. The van der Waals surface area contributed by atoms with E-state index in [0.29, 0.717) is 25.7 Å². The first-order valence-corrected chi connectivity index (χ1v) is 6.39. The molecule has 18 heavy (non-hydrogen) atoms. The number of hydrogen-bond acceptors (Lipinski definition) is 5. The fraction of sp³-hybridized carbons (Fsp3) is 0.692. The summed E-state index contributed by atoms with van der Waals surface area (Å²) in [5.41, 5.74) is 0. The van der Waals surface area contributed by atoms with Crippen molar-refractivity contribution < 1.29 is 23.9 Å². The van der Waals surface area contributed by atoms with Crippen LogP contribution in [0.5, 0.6) is 0 Å². The second kappa shape index (κ2) is 4.00. The van der Waals surface area contributed by atoms with Crippen LogP contribution in [0.4, 0.5) is 0 Å². The molecule has 96 valence electrons. The standard InChI is InChI=1S/C13H14O5/c14-10-5-11(15)7-2-4-9-8(3-1-6(7)10)12(16)18-13(9)17/h6-9H,1-5H2. The maximum Gasteiger partial charge on any atom is 0.317 e. The van der Waals surface area contributed by atoms with Crippen molar-refractivity contribution in [1.82, 2.24) is 0 Å². The number of ether oxygens (including phenoxy) is 1. The molecule has 1 heterocycles. The molecule has 5 nitrogen and oxygen atoms in total. The molecule has 1 saturated heterocycles. The molecule has 3 fully saturated rings. The largest absolute Gasteiger partial charge is 0.393 e. The molecule has 0 radical (unpaired) electrons. The Morgan fingerprint density at radius 1 is 0.667 bits per heavy atom. The van der Waals surface area contributed by atoms with Crippen molar-refractivity contribution in [2.75, 3.05) is 0 Å². The number of fused-ring (bicyclic) bond motifs is 2. The smallest absolute Gasteiger partial charge is 0.317 e. The van der Waals surface area contributed by atoms with E-state index in [1.165, 1.54) is 0 Å². The minimum Gasteiger partial charge on any atom is -0.393 e. The molecule has 0 bridgehead atoms. The van der Waals surface area contributed by atoms with Crippen LogP contribution in [0.2, 0.25) is 0 Å². The van der Waals surface area contributed by atoms with Crippen molar-refractivity contribution in [2.45, 2.75) is 32.1 Å². The van der Waals surface area contributed by atoms with Gasteiger partial charge in [-0.25, -0.2) is 0 Å². The van der Waals surface area contributed by atoms with Gasteiger partial charge in [-0.1, -0.05) is 0 Å². The lowest BCUT2D eigenvalue weighted by molar-refractivity contribution is -0.154. The highest BCUT2D eigenvalue weighted by Crippen LogP contribution is 2.42. The molecule has 0 spiro atoms. The molecule has 0 aromatic carbocycles. The van der Waals surface area contributed by atoms with E-state index in [1.54, 1.807) is 0 Å². The SMILES string of the molecule is O=C1CC(=O)C2CCC3C(=O)OC(=O)C3CCC12. The van der Waals surface area contributed by atoms with Crippen LogP contribution in [0.15, 0.2) is 0 Å². The van der Waals surface area contributed by atoms with E-state index >= 15 is 0 Å². The van der Waals surface area contributed by atoms with E-state index in [-0.39, 0.29) is 29.8 Å². The van der Waals surface area contributed by atoms with Crippen LogP contribution in [0.3, 0.4) is 0 Å². The van der Waals surface area contributed by atoms with Crippen LogP contribution in [-0.4, -0.2) is 23.5 Å². The Balaban J connectivity index is 1.83. The summed E-state index contributed by atoms with van der Waals surface area (Å²) in [5.74, 6) is -2.18. The molecule has 2 aliphatic carbocycles. The summed E-state index contributed by atoms with van der Waals surface area (Å²) in [6.45, 7) is 0. The topological polar surface area (TPSA) is 77.5 Å². The Labute approximate surface area is 104 Å². The van der Waals surface area contributed by atoms with Crippen molar-refractivity contribution >= 4 is 23.5 Å². The van der Waals surface area contributed by atoms with Crippen LogP contribution in [0.1, 0.15) is 32.1 Å². The van der Waals surface area contributed by atoms with E-state index in [0.717, 1.165) is 0 Å². The fourth-order valence-corrected chi connectivity index (χ4v) is 3.54. The molecule has 5 heteroatoms. The van der Waals surface area contributed by atoms with Gasteiger partial charge in [0.05, 0.1) is 18.3 Å². The van der Waals surface area contributed by atoms with Crippen LogP contribution in [0, 0.1) is 23.7 Å². The Kier molecular flexibility index (Phi) is 2.57. The maximum atomic E-state index is 11.7. The van der Waals surface area contributed by atoms with Crippen LogP contribution >= 0.6 is 0 Å². The molecule has 2 saturated carbocycles. The van der Waals surface area contributed by atoms with E-state index in [2.05, 4.69) is 4.74 Å². The predicted molar refractivity (Wildman–Crippen MR) is 58.2 cm³/mol. The molecule has 4 unspecified atom stereocenters. The number of ketones is 2. The third kappa shape index (κ3) is 1.61. The summed E-state index contributed by atoms with van der Waals surface area (Å²) in [6, 6.07) is 0. The fourth-order valence-electron chi connectivity index (χ4n) is 3.54. The lowest BCUT2D eigenvalue weighted by Gasteiger charge is -2.24. The molecular weight excluding hydrogens is 236 g/mol. The minimum atomic E-state index is -0.458. The lowest BCUT2D eigenvalue weighted by Crippen LogP contribution is -2.27. The van der Waals surface area contributed by atoms with E-state index < -0.39 is 23.8 Å². The van der Waals surface area contributed by atoms with Gasteiger partial charge in [-0.05, 0) is 25.7 Å². The van der Waals surface area contributed by atoms with Gasteiger partial charge in [0.2, 0.25) is 0 Å². The van der Waals surface area contributed by atoms with Gasteiger partial charge in [0, 0.05) is 11.8 Å². The minimum absolute atomic E-state index is 0.00106. The van der Waals surface area contributed by atoms with Crippen molar-refractivity contribution in [3.05, 3.63) is 0 Å². The van der Waals surface area contributed by atoms with E-state index in [1.807, 2.05) is 0 Å². The summed E-state index contributed by atoms with van der Waals surface area (Å²) in [4.78, 5) is 46.5. The summed E-state index contributed by atoms with van der Waals surface area (Å²) >= 11 is 0. The zero-order valence-electron chi connectivity index (χ0n) is 9.89. The quantitative estimate of drug-likeness (QED) is 0.466. The van der Waals surface area contributed by atoms with Gasteiger partial charge in [0.1, 0.15) is 11.6 Å². The molecule has 1 aliphatic heterocycles. The van der Waals surface area contributed by atoms with Crippen molar-refractivity contribution in [3.8, 4) is 0 Å². The van der Waals surface area contributed by atoms with Crippen molar-refractivity contribution in [3.63, 3.8) is 0 Å². The normalized spacial score (nSPS) is 40.0. The van der Waals surface area contributed by atoms with Gasteiger partial charge >= 0.3 is 11.9 Å². The summed E-state index contributed by atoms with van der Waals surface area (Å²) in [5, 5.41) is 0. The van der Waals surface area contributed by atoms with E-state index in [9.17, 15) is 19.2 Å². The molecule has 3 aliphatic rings. The highest BCUT2D eigenvalue weighted by molar-refractivity contribution is 6.08. The number of hydrogen-bond donors (Lipinski definition) is 0. The van der Waals surface area contributed by atoms with Gasteiger partial charge in [-0.2, -0.15) is 0 Å². The van der Waals surface area contributed by atoms with Gasteiger partial charge in [0.15, 0.2) is 0 Å². The lowest BCUT2D eigenvalue weighted by atomic mass is 9.76. The Hall–Kier alpha value is -1.52. The second-order valence-corrected chi connectivity index (χ2v) is 5.43. The van der Waals surface area contributed by atoms with E-state index in [4.69, 9.17) is 0 Å². The average molecular weight is 250 g/mol. The molecule has 0 amide bonds. The molecule has 0 aromatic heterocycles. The van der Waals surface area contributed by atoms with Crippen molar-refractivity contribution in [1.29, 1.82) is 0 Å². The summed E-state index contributed by atoms with van der Waals surface area (Å²) in [7, 11) is 0. The van der Waals surface area contributed by atoms with Gasteiger partial charge in [-0.15, -0.1) is 0 Å². The van der Waals surface area contributed by atoms with Gasteiger partial charge in [-0.3, -0.25) is 19.2 Å². The monoisotopic (exact) mass is 250 g/mol. The summed E-state index contributed by atoms with van der Waals surface area (Å²) in [6.07, 6.45) is 2.05. The third-order valence-corrected chi connectivity index (χ3v) is 4.53. The first-order chi connectivity index (χ1) is 8.58. The number of carbonyl (C=O) groups excluding carboxylic acids is 4. The van der Waals surface area contributed by atoms with Crippen molar-refractivity contribution in [2.24, 2.45) is 23.7 Å². The van der Waals surface area contributed by atoms with Gasteiger partial charge in [0.25, 0.3) is 0 Å². The Morgan fingerprint density at radius 2 is 1.06 bits per heavy atom. The Bertz CT molecular complexity index is 370. The number of carbonyl (C=O) groups is 4. The molecule has 0 N–H and O–H groups in total. The second-order valence-electron chi connectivity index (χ2n) is 5.43. The number of cyclic esters (lactones) is 2. The zero-order chi connectivity index (χ0) is 12.9. The van der Waals surface area contributed by atoms with Gasteiger partial charge < -0.3 is 4.74 Å². The van der Waals surface area contributed by atoms with Crippen LogP contribution in [0.25, 0.3) is 0 Å². The molecule has 0 aromatic rings.